The first-order valence-electron chi connectivity index (χ1n) is 4.87. The van der Waals surface area contributed by atoms with Crippen LogP contribution in [0.15, 0.2) is 0 Å². The van der Waals surface area contributed by atoms with Crippen LogP contribution in [0.2, 0.25) is 0 Å². The molecular weight excluding hydrogens is 152 g/mol. The lowest BCUT2D eigenvalue weighted by atomic mass is 10.00. The molecule has 12 heavy (non-hydrogen) atoms. The van der Waals surface area contributed by atoms with E-state index in [1.165, 1.54) is 0 Å². The van der Waals surface area contributed by atoms with Crippen LogP contribution in [0, 0.1) is 0 Å². The second-order valence-corrected chi connectivity index (χ2v) is 4.25. The highest BCUT2D eigenvalue weighted by Crippen LogP contribution is 2.28. The molecule has 1 heterocycles. The van der Waals surface area contributed by atoms with Crippen molar-refractivity contribution in [2.24, 2.45) is 0 Å². The van der Waals surface area contributed by atoms with Gasteiger partial charge in [-0.2, -0.15) is 0 Å². The van der Waals surface area contributed by atoms with E-state index in [0.717, 1.165) is 19.3 Å². The van der Waals surface area contributed by atoms with Gasteiger partial charge in [-0.3, -0.25) is 0 Å². The summed E-state index contributed by atoms with van der Waals surface area (Å²) in [5.74, 6) is 0. The maximum atomic E-state index is 5.76. The van der Waals surface area contributed by atoms with Gasteiger partial charge in [0.05, 0.1) is 11.7 Å². The molecule has 0 aromatic rings. The van der Waals surface area contributed by atoms with Crippen molar-refractivity contribution in [3.8, 4) is 0 Å². The minimum Gasteiger partial charge on any atom is -0.350 e. The summed E-state index contributed by atoms with van der Waals surface area (Å²) in [5.41, 5.74) is -0.00248. The van der Waals surface area contributed by atoms with Gasteiger partial charge in [-0.05, 0) is 27.2 Å². The van der Waals surface area contributed by atoms with Crippen LogP contribution in [0.25, 0.3) is 0 Å². The molecule has 0 N–H and O–H groups in total. The van der Waals surface area contributed by atoms with Crippen molar-refractivity contribution in [3.05, 3.63) is 0 Å². The highest BCUT2D eigenvalue weighted by Gasteiger charge is 2.32. The monoisotopic (exact) mass is 172 g/mol. The van der Waals surface area contributed by atoms with E-state index in [1.54, 1.807) is 0 Å². The van der Waals surface area contributed by atoms with Gasteiger partial charge in [-0.15, -0.1) is 0 Å². The fourth-order valence-corrected chi connectivity index (χ4v) is 1.79. The second-order valence-electron chi connectivity index (χ2n) is 4.25. The fraction of sp³-hybridized carbons (Fsp3) is 1.00. The molecule has 2 atom stereocenters. The van der Waals surface area contributed by atoms with Gasteiger partial charge < -0.3 is 9.47 Å². The average Bonchev–Trinajstić information content (AvgIpc) is 1.82. The van der Waals surface area contributed by atoms with Crippen molar-refractivity contribution in [3.63, 3.8) is 0 Å². The van der Waals surface area contributed by atoms with Crippen LogP contribution in [0.1, 0.15) is 47.0 Å². The highest BCUT2D eigenvalue weighted by atomic mass is 16.7. The molecule has 0 radical (unpaired) electrons. The zero-order valence-corrected chi connectivity index (χ0v) is 8.59. The summed E-state index contributed by atoms with van der Waals surface area (Å²) >= 11 is 0. The summed E-state index contributed by atoms with van der Waals surface area (Å²) < 4.78 is 11.4. The summed E-state index contributed by atoms with van der Waals surface area (Å²) in [6, 6.07) is 0. The Morgan fingerprint density at radius 1 is 1.42 bits per heavy atom. The van der Waals surface area contributed by atoms with E-state index in [-0.39, 0.29) is 11.9 Å². The normalized spacial score (nSPS) is 35.0. The topological polar surface area (TPSA) is 18.5 Å². The van der Waals surface area contributed by atoms with E-state index in [0.29, 0.717) is 6.10 Å². The molecule has 1 aliphatic rings. The van der Waals surface area contributed by atoms with Crippen molar-refractivity contribution in [1.29, 1.82) is 0 Å². The van der Waals surface area contributed by atoms with Crippen molar-refractivity contribution >= 4 is 0 Å². The molecular formula is C10H20O2. The Balaban J connectivity index is 2.46. The lowest BCUT2D eigenvalue weighted by Gasteiger charge is -2.39. The molecule has 0 unspecified atom stereocenters. The maximum Gasteiger partial charge on any atom is 0.158 e. The van der Waals surface area contributed by atoms with E-state index in [1.807, 2.05) is 0 Å². The Labute approximate surface area is 75.2 Å². The third-order valence-corrected chi connectivity index (χ3v) is 2.14. The zero-order chi connectivity index (χ0) is 9.19. The van der Waals surface area contributed by atoms with Crippen LogP contribution in [-0.2, 0) is 9.47 Å². The maximum absolute atomic E-state index is 5.76. The molecule has 1 saturated heterocycles. The summed E-state index contributed by atoms with van der Waals surface area (Å²) in [5, 5.41) is 0. The quantitative estimate of drug-likeness (QED) is 0.637. The Hall–Kier alpha value is -0.0800. The van der Waals surface area contributed by atoms with Crippen LogP contribution in [0.5, 0.6) is 0 Å². The van der Waals surface area contributed by atoms with E-state index in [4.69, 9.17) is 9.47 Å². The average molecular weight is 172 g/mol. The van der Waals surface area contributed by atoms with E-state index < -0.39 is 0 Å². The molecule has 0 saturated carbocycles. The Kier molecular flexibility index (Phi) is 3.13. The largest absolute Gasteiger partial charge is 0.350 e. The minimum atomic E-state index is -0.00248. The third kappa shape index (κ3) is 2.76. The van der Waals surface area contributed by atoms with Crippen LogP contribution < -0.4 is 0 Å². The number of hydrogen-bond donors (Lipinski definition) is 0. The van der Waals surface area contributed by atoms with Crippen molar-refractivity contribution in [2.75, 3.05) is 0 Å². The number of rotatable bonds is 2. The van der Waals surface area contributed by atoms with Gasteiger partial charge in [0.15, 0.2) is 6.29 Å². The number of ether oxygens (including phenoxy) is 2. The molecule has 1 rings (SSSR count). The fourth-order valence-electron chi connectivity index (χ4n) is 1.79. The summed E-state index contributed by atoms with van der Waals surface area (Å²) in [6.45, 7) is 8.54. The molecule has 1 aliphatic heterocycles. The van der Waals surface area contributed by atoms with Gasteiger partial charge in [0.2, 0.25) is 0 Å². The summed E-state index contributed by atoms with van der Waals surface area (Å²) in [7, 11) is 0. The molecule has 0 bridgehead atoms. The minimum absolute atomic E-state index is 0.00248. The molecule has 2 nitrogen and oxygen atoms in total. The summed E-state index contributed by atoms with van der Waals surface area (Å²) in [6.07, 6.45) is 3.48. The van der Waals surface area contributed by atoms with Crippen molar-refractivity contribution in [1.82, 2.24) is 0 Å². The van der Waals surface area contributed by atoms with Gasteiger partial charge in [0.1, 0.15) is 0 Å². The zero-order valence-electron chi connectivity index (χ0n) is 8.59. The van der Waals surface area contributed by atoms with E-state index >= 15 is 0 Å². The number of hydrogen-bond acceptors (Lipinski definition) is 2. The molecule has 0 amide bonds. The molecule has 0 aromatic carbocycles. The lowest BCUT2D eigenvalue weighted by Crippen LogP contribution is -2.42. The van der Waals surface area contributed by atoms with E-state index in [2.05, 4.69) is 27.7 Å². The van der Waals surface area contributed by atoms with Gasteiger partial charge in [-0.25, -0.2) is 0 Å². The molecule has 0 aromatic heterocycles. The van der Waals surface area contributed by atoms with Crippen LogP contribution in [-0.4, -0.2) is 18.0 Å². The highest BCUT2D eigenvalue weighted by molar-refractivity contribution is 4.77. The predicted octanol–water partition coefficient (Wildman–Crippen LogP) is 2.72. The van der Waals surface area contributed by atoms with Gasteiger partial charge >= 0.3 is 0 Å². The Bertz CT molecular complexity index is 143. The molecule has 2 heteroatoms. The van der Waals surface area contributed by atoms with E-state index in [9.17, 15) is 0 Å². The Morgan fingerprint density at radius 3 is 2.58 bits per heavy atom. The smallest absolute Gasteiger partial charge is 0.158 e. The first-order valence-corrected chi connectivity index (χ1v) is 4.87. The molecule has 0 spiro atoms. The van der Waals surface area contributed by atoms with Crippen LogP contribution in [0.3, 0.4) is 0 Å². The third-order valence-electron chi connectivity index (χ3n) is 2.14. The first-order chi connectivity index (χ1) is 5.53. The second kappa shape index (κ2) is 3.75. The Morgan fingerprint density at radius 2 is 2.08 bits per heavy atom. The van der Waals surface area contributed by atoms with Gasteiger partial charge in [0, 0.05) is 6.42 Å². The molecule has 0 aliphatic carbocycles. The standard InChI is InChI=1S/C10H20O2/c1-5-6-9-11-8(2)7-10(3,4)12-9/h8-9H,5-7H2,1-4H3/t8-,9-/m1/s1. The molecule has 1 fully saturated rings. The van der Waals surface area contributed by atoms with Crippen LogP contribution in [0.4, 0.5) is 0 Å². The van der Waals surface area contributed by atoms with Crippen molar-refractivity contribution < 1.29 is 9.47 Å². The SMILES string of the molecule is CCC[C@@H]1O[C@H](C)CC(C)(C)O1. The van der Waals surface area contributed by atoms with Gasteiger partial charge in [0.25, 0.3) is 0 Å². The first kappa shape index (κ1) is 10.0. The van der Waals surface area contributed by atoms with Crippen LogP contribution >= 0.6 is 0 Å². The van der Waals surface area contributed by atoms with Gasteiger partial charge in [-0.1, -0.05) is 13.3 Å². The van der Waals surface area contributed by atoms with Crippen molar-refractivity contribution in [2.45, 2.75) is 65.0 Å². The lowest BCUT2D eigenvalue weighted by molar-refractivity contribution is -0.270. The molecule has 72 valence electrons. The summed E-state index contributed by atoms with van der Waals surface area (Å²) in [4.78, 5) is 0. The predicted molar refractivity (Wildman–Crippen MR) is 49.0 cm³/mol.